The summed E-state index contributed by atoms with van der Waals surface area (Å²) in [4.78, 5) is 39.0. The highest BCUT2D eigenvalue weighted by Crippen LogP contribution is 2.17. The van der Waals surface area contributed by atoms with Crippen LogP contribution in [0.2, 0.25) is 0 Å². The summed E-state index contributed by atoms with van der Waals surface area (Å²) in [5.41, 5.74) is 2.21. The number of benzene rings is 1. The largest absolute Gasteiger partial charge is 0.463 e. The summed E-state index contributed by atoms with van der Waals surface area (Å²) < 4.78 is 18.6. The molecule has 1 saturated heterocycles. The molecule has 0 aliphatic carbocycles. The third-order valence-electron chi connectivity index (χ3n) is 6.70. The summed E-state index contributed by atoms with van der Waals surface area (Å²) in [5.74, 6) is -0.449. The van der Waals surface area contributed by atoms with Crippen molar-refractivity contribution in [1.29, 1.82) is 0 Å². The molecule has 8 nitrogen and oxygen atoms in total. The molecular formula is C35H48FN5O3. The smallest absolute Gasteiger partial charge is 0.306 e. The number of carbonyl (C=O) groups excluding carboxylic acids is 2. The molecule has 1 aliphatic rings. The van der Waals surface area contributed by atoms with Crippen molar-refractivity contribution in [3.63, 3.8) is 0 Å². The lowest BCUT2D eigenvalue weighted by molar-refractivity contribution is -0.147. The van der Waals surface area contributed by atoms with E-state index in [2.05, 4.69) is 21.8 Å². The molecule has 2 rings (SSSR count). The number of rotatable bonds is 14. The second-order valence-electron chi connectivity index (χ2n) is 10.9. The Morgan fingerprint density at radius 1 is 1.20 bits per heavy atom. The van der Waals surface area contributed by atoms with E-state index in [1.807, 2.05) is 95.1 Å². The number of hydrogen-bond acceptors (Lipinski definition) is 6. The summed E-state index contributed by atoms with van der Waals surface area (Å²) in [5, 5.41) is 3.37. The minimum atomic E-state index is -0.396. The zero-order valence-corrected chi connectivity index (χ0v) is 27.0. The molecule has 9 heteroatoms. The highest BCUT2D eigenvalue weighted by atomic mass is 19.1. The van der Waals surface area contributed by atoms with Crippen LogP contribution in [0.4, 0.5) is 4.39 Å². The van der Waals surface area contributed by atoms with E-state index in [4.69, 9.17) is 9.73 Å². The van der Waals surface area contributed by atoms with Crippen molar-refractivity contribution in [2.24, 2.45) is 15.9 Å². The van der Waals surface area contributed by atoms with Gasteiger partial charge < -0.3 is 19.9 Å². The first-order valence-electron chi connectivity index (χ1n) is 15.2. The molecule has 1 heterocycles. The molecule has 0 radical (unpaired) electrons. The molecular weight excluding hydrogens is 557 g/mol. The average Bonchev–Trinajstić information content (AvgIpc) is 2.99. The second-order valence-corrected chi connectivity index (χ2v) is 10.9. The van der Waals surface area contributed by atoms with Crippen LogP contribution in [-0.4, -0.2) is 71.5 Å². The van der Waals surface area contributed by atoms with Crippen LogP contribution < -0.4 is 5.32 Å². The maximum Gasteiger partial charge on any atom is 0.306 e. The first kappa shape index (κ1) is 35.9. The predicted octanol–water partition coefficient (Wildman–Crippen LogP) is 6.35. The molecule has 1 aromatic carbocycles. The molecule has 2 atom stereocenters. The summed E-state index contributed by atoms with van der Waals surface area (Å²) in [7, 11) is 0. The zero-order chi connectivity index (χ0) is 32.5. The molecule has 1 fully saturated rings. The second kappa shape index (κ2) is 19.1. The molecule has 1 aliphatic heterocycles. The summed E-state index contributed by atoms with van der Waals surface area (Å²) in [6.07, 6.45) is 12.1. The van der Waals surface area contributed by atoms with E-state index in [0.717, 1.165) is 11.6 Å². The van der Waals surface area contributed by atoms with Gasteiger partial charge in [-0.05, 0) is 65.5 Å². The number of nitrogens with zero attached hydrogens (tertiary/aromatic N) is 4. The van der Waals surface area contributed by atoms with Gasteiger partial charge in [0.2, 0.25) is 5.91 Å². The Hall–Kier alpha value is -4.27. The lowest BCUT2D eigenvalue weighted by Crippen LogP contribution is -2.53. The molecule has 0 spiro atoms. The number of allylic oxidation sites excluding steroid dienone is 6. The number of amidine groups is 1. The number of amides is 1. The van der Waals surface area contributed by atoms with Crippen LogP contribution in [0, 0.1) is 5.92 Å². The number of halogens is 1. The maximum atomic E-state index is 13.5. The van der Waals surface area contributed by atoms with E-state index in [0.29, 0.717) is 49.8 Å². The van der Waals surface area contributed by atoms with E-state index < -0.39 is 11.7 Å². The number of esters is 1. The van der Waals surface area contributed by atoms with Crippen LogP contribution in [0.5, 0.6) is 0 Å². The molecule has 44 heavy (non-hydrogen) atoms. The molecule has 0 saturated carbocycles. The van der Waals surface area contributed by atoms with Gasteiger partial charge in [-0.1, -0.05) is 56.0 Å². The molecule has 0 bridgehead atoms. The van der Waals surface area contributed by atoms with Gasteiger partial charge in [0, 0.05) is 56.1 Å². The Bertz CT molecular complexity index is 1280. The van der Waals surface area contributed by atoms with Crippen LogP contribution in [0.25, 0.3) is 0 Å². The normalized spacial score (nSPS) is 17.9. The fourth-order valence-electron chi connectivity index (χ4n) is 4.64. The van der Waals surface area contributed by atoms with Crippen molar-refractivity contribution >= 4 is 23.4 Å². The molecule has 2 unspecified atom stereocenters. The van der Waals surface area contributed by atoms with Crippen molar-refractivity contribution in [2.75, 3.05) is 26.2 Å². The third kappa shape index (κ3) is 12.5. The number of piperazine rings is 1. The van der Waals surface area contributed by atoms with E-state index in [9.17, 15) is 14.0 Å². The standard InChI is InChI=1S/C35H48FN5O3/c1-8-19-37-33(30-15-11-10-12-16-30)34(38-20-13-18-32(42)44-26(3)4)39-28(6)24-27(5)35(43)41-23-22-40(25-29(41)7)21-14-17-31(36)9-2/h8-12,14-17,19,21,24,26-27,29H,2,13,18,20,22-23,25H2,1,3-7H3,(H,38,39)/b19-8+,21-14+,28-24+,31-17+,37-33-. The van der Waals surface area contributed by atoms with Gasteiger partial charge in [-0.25, -0.2) is 9.38 Å². The topological polar surface area (TPSA) is 86.6 Å². The van der Waals surface area contributed by atoms with Gasteiger partial charge in [-0.15, -0.1) is 0 Å². The van der Waals surface area contributed by atoms with E-state index >= 15 is 0 Å². The van der Waals surface area contributed by atoms with Crippen molar-refractivity contribution in [1.82, 2.24) is 15.1 Å². The molecule has 1 amide bonds. The highest BCUT2D eigenvalue weighted by molar-refractivity contribution is 6.47. The van der Waals surface area contributed by atoms with Crippen molar-refractivity contribution in [3.8, 4) is 0 Å². The SMILES string of the molecule is C=C/C(F)=C\C=C\N1CCN(C(=O)C(C)/C=C(C)/N=C(NCCCC(=O)OC(C)C)\C(=N/C=C/C)c2ccccc2)C(C)C1. The number of hydrogen-bond donors (Lipinski definition) is 1. The number of nitrogens with one attached hydrogen (secondary N) is 1. The van der Waals surface area contributed by atoms with E-state index in [-0.39, 0.29) is 30.4 Å². The Balaban J connectivity index is 2.22. The minimum Gasteiger partial charge on any atom is -0.463 e. The summed E-state index contributed by atoms with van der Waals surface area (Å²) >= 11 is 0. The van der Waals surface area contributed by atoms with Crippen molar-refractivity contribution < 1.29 is 18.7 Å². The lowest BCUT2D eigenvalue weighted by atomic mass is 10.1. The van der Waals surface area contributed by atoms with E-state index in [1.165, 1.54) is 6.08 Å². The predicted molar refractivity (Wildman–Crippen MR) is 178 cm³/mol. The Labute approximate surface area is 262 Å². The fourth-order valence-corrected chi connectivity index (χ4v) is 4.64. The number of ether oxygens (including phenoxy) is 1. The number of aliphatic imine (C=N–C) groups is 2. The average molecular weight is 606 g/mol. The van der Waals surface area contributed by atoms with Crippen LogP contribution in [-0.2, 0) is 14.3 Å². The zero-order valence-electron chi connectivity index (χ0n) is 27.0. The van der Waals surface area contributed by atoms with Crippen LogP contribution in [0.15, 0.2) is 101 Å². The van der Waals surface area contributed by atoms with Gasteiger partial charge in [0.15, 0.2) is 5.84 Å². The van der Waals surface area contributed by atoms with Crippen molar-refractivity contribution in [2.45, 2.75) is 66.5 Å². The van der Waals surface area contributed by atoms with Gasteiger partial charge >= 0.3 is 5.97 Å². The molecule has 238 valence electrons. The van der Waals surface area contributed by atoms with Crippen molar-refractivity contribution in [3.05, 3.63) is 96.8 Å². The van der Waals surface area contributed by atoms with Crippen LogP contribution >= 0.6 is 0 Å². The molecule has 0 aromatic heterocycles. The highest BCUT2D eigenvalue weighted by Gasteiger charge is 2.28. The van der Waals surface area contributed by atoms with Gasteiger partial charge in [-0.2, -0.15) is 0 Å². The Morgan fingerprint density at radius 2 is 1.93 bits per heavy atom. The molecule has 1 aromatic rings. The fraction of sp³-hybridized carbons (Fsp3) is 0.429. The Morgan fingerprint density at radius 3 is 2.57 bits per heavy atom. The van der Waals surface area contributed by atoms with Gasteiger partial charge in [-0.3, -0.25) is 14.6 Å². The monoisotopic (exact) mass is 605 g/mol. The molecule has 1 N–H and O–H groups in total. The van der Waals surface area contributed by atoms with Gasteiger partial charge in [0.25, 0.3) is 0 Å². The quantitative estimate of drug-likeness (QED) is 0.0878. The maximum absolute atomic E-state index is 13.5. The Kier molecular flexibility index (Phi) is 15.6. The summed E-state index contributed by atoms with van der Waals surface area (Å²) in [6.45, 7) is 17.1. The van der Waals surface area contributed by atoms with Gasteiger partial charge in [0.1, 0.15) is 11.5 Å². The first-order valence-corrected chi connectivity index (χ1v) is 15.2. The number of carbonyl (C=O) groups is 2. The first-order chi connectivity index (χ1) is 21.0. The lowest BCUT2D eigenvalue weighted by Gasteiger charge is -2.40. The summed E-state index contributed by atoms with van der Waals surface area (Å²) in [6, 6.07) is 9.75. The van der Waals surface area contributed by atoms with Crippen LogP contribution in [0.3, 0.4) is 0 Å². The van der Waals surface area contributed by atoms with E-state index in [1.54, 1.807) is 12.3 Å². The van der Waals surface area contributed by atoms with Gasteiger partial charge in [0.05, 0.1) is 12.0 Å². The van der Waals surface area contributed by atoms with Crippen LogP contribution in [0.1, 0.15) is 59.9 Å². The minimum absolute atomic E-state index is 0.00829. The third-order valence-corrected chi connectivity index (χ3v) is 6.70.